The minimum atomic E-state index is 0. The third kappa shape index (κ3) is 4.15. The van der Waals surface area contributed by atoms with E-state index in [1.165, 1.54) is 18.6 Å². The van der Waals surface area contributed by atoms with Gasteiger partial charge in [-0.1, -0.05) is 0 Å². The summed E-state index contributed by atoms with van der Waals surface area (Å²) in [5.41, 5.74) is 0. The maximum absolute atomic E-state index is 11.8. The van der Waals surface area contributed by atoms with Crippen molar-refractivity contribution in [2.24, 2.45) is 5.92 Å². The zero-order valence-corrected chi connectivity index (χ0v) is 11.4. The Labute approximate surface area is 108 Å². The molecular weight excluding hydrogens is 244 g/mol. The smallest absolute Gasteiger partial charge is 0.236 e. The molecule has 1 saturated carbocycles. The molecule has 0 aromatic rings. The monoisotopic (exact) mass is 264 g/mol. The van der Waals surface area contributed by atoms with Gasteiger partial charge >= 0.3 is 0 Å². The quantitative estimate of drug-likeness (QED) is 0.814. The first-order valence-electron chi connectivity index (χ1n) is 5.81. The van der Waals surface area contributed by atoms with Crippen molar-refractivity contribution in [1.29, 1.82) is 0 Å². The summed E-state index contributed by atoms with van der Waals surface area (Å²) in [6.07, 6.45) is 3.85. The van der Waals surface area contributed by atoms with E-state index in [0.29, 0.717) is 12.6 Å². The molecule has 0 spiro atoms. The molecule has 2 fully saturated rings. The van der Waals surface area contributed by atoms with Crippen LogP contribution in [0.15, 0.2) is 0 Å². The van der Waals surface area contributed by atoms with Gasteiger partial charge in [0.05, 0.1) is 6.54 Å². The fraction of sp³-hybridized carbons (Fsp3) is 0.909. The number of amides is 1. The van der Waals surface area contributed by atoms with Crippen LogP contribution in [0.3, 0.4) is 0 Å². The second kappa shape index (κ2) is 6.72. The Kier molecular flexibility index (Phi) is 5.94. The van der Waals surface area contributed by atoms with Crippen LogP contribution in [0.4, 0.5) is 0 Å². The average molecular weight is 265 g/mol. The van der Waals surface area contributed by atoms with E-state index >= 15 is 0 Å². The van der Waals surface area contributed by atoms with Gasteiger partial charge in [-0.2, -0.15) is 11.8 Å². The lowest BCUT2D eigenvalue weighted by Crippen LogP contribution is -2.42. The summed E-state index contributed by atoms with van der Waals surface area (Å²) in [4.78, 5) is 13.7. The molecule has 2 aliphatic rings. The molecule has 3 nitrogen and oxygen atoms in total. The Hall–Kier alpha value is 0.0700. The number of nitrogens with one attached hydrogen (secondary N) is 1. The highest BCUT2D eigenvalue weighted by molar-refractivity contribution is 7.99. The van der Waals surface area contributed by atoms with E-state index in [4.69, 9.17) is 0 Å². The SMILES string of the molecule is CN(C(=O)CNCC1CC1)C1CCSC1.Cl. The summed E-state index contributed by atoms with van der Waals surface area (Å²) >= 11 is 1.95. The number of carbonyl (C=O) groups is 1. The molecule has 16 heavy (non-hydrogen) atoms. The van der Waals surface area contributed by atoms with E-state index in [9.17, 15) is 4.79 Å². The summed E-state index contributed by atoms with van der Waals surface area (Å²) in [5, 5.41) is 3.25. The molecule has 1 amide bonds. The van der Waals surface area contributed by atoms with Crippen LogP contribution < -0.4 is 5.32 Å². The van der Waals surface area contributed by atoms with E-state index in [1.54, 1.807) is 0 Å². The van der Waals surface area contributed by atoms with Crippen molar-refractivity contribution < 1.29 is 4.79 Å². The van der Waals surface area contributed by atoms with Crippen LogP contribution >= 0.6 is 24.2 Å². The first kappa shape index (κ1) is 14.1. The van der Waals surface area contributed by atoms with E-state index in [1.807, 2.05) is 23.7 Å². The van der Waals surface area contributed by atoms with Crippen LogP contribution in [0.1, 0.15) is 19.3 Å². The van der Waals surface area contributed by atoms with E-state index in [2.05, 4.69) is 5.32 Å². The van der Waals surface area contributed by atoms with Gasteiger partial charge in [0.2, 0.25) is 5.91 Å². The van der Waals surface area contributed by atoms with Gasteiger partial charge < -0.3 is 10.2 Å². The highest BCUT2D eigenvalue weighted by atomic mass is 35.5. The molecule has 1 N–H and O–H groups in total. The van der Waals surface area contributed by atoms with Crippen LogP contribution in [-0.4, -0.2) is 48.5 Å². The molecule has 1 aliphatic heterocycles. The van der Waals surface area contributed by atoms with Gasteiger partial charge in [-0.05, 0) is 37.5 Å². The summed E-state index contributed by atoms with van der Waals surface area (Å²) in [6.45, 7) is 1.55. The molecule has 0 aromatic carbocycles. The lowest BCUT2D eigenvalue weighted by Gasteiger charge is -2.23. The third-order valence-corrected chi connectivity index (χ3v) is 4.40. The Morgan fingerprint density at radius 2 is 2.19 bits per heavy atom. The fourth-order valence-electron chi connectivity index (χ4n) is 1.86. The van der Waals surface area contributed by atoms with Crippen LogP contribution in [-0.2, 0) is 4.79 Å². The normalized spacial score (nSPS) is 23.9. The van der Waals surface area contributed by atoms with Crippen molar-refractivity contribution in [2.75, 3.05) is 31.6 Å². The lowest BCUT2D eigenvalue weighted by molar-refractivity contribution is -0.130. The second-order valence-electron chi connectivity index (χ2n) is 4.60. The van der Waals surface area contributed by atoms with Crippen molar-refractivity contribution in [3.63, 3.8) is 0 Å². The average Bonchev–Trinajstić information content (AvgIpc) is 2.90. The molecule has 1 atom stereocenters. The van der Waals surface area contributed by atoms with Gasteiger partial charge in [-0.15, -0.1) is 12.4 Å². The first-order chi connectivity index (χ1) is 7.27. The Bertz CT molecular complexity index is 230. The van der Waals surface area contributed by atoms with Gasteiger partial charge in [0.15, 0.2) is 0 Å². The van der Waals surface area contributed by atoms with Crippen LogP contribution in [0, 0.1) is 5.92 Å². The van der Waals surface area contributed by atoms with Crippen LogP contribution in [0.25, 0.3) is 0 Å². The molecule has 0 bridgehead atoms. The third-order valence-electron chi connectivity index (χ3n) is 3.25. The molecule has 1 heterocycles. The zero-order chi connectivity index (χ0) is 10.7. The fourth-order valence-corrected chi connectivity index (χ4v) is 3.13. The number of likely N-dealkylation sites (N-methyl/N-ethyl adjacent to an activating group) is 1. The van der Waals surface area contributed by atoms with Crippen molar-refractivity contribution in [2.45, 2.75) is 25.3 Å². The van der Waals surface area contributed by atoms with Crippen LogP contribution in [0.5, 0.6) is 0 Å². The maximum Gasteiger partial charge on any atom is 0.236 e. The topological polar surface area (TPSA) is 32.3 Å². The molecular formula is C11H21ClN2OS. The summed E-state index contributed by atoms with van der Waals surface area (Å²) < 4.78 is 0. The molecule has 1 aliphatic carbocycles. The van der Waals surface area contributed by atoms with Crippen molar-refractivity contribution in [1.82, 2.24) is 10.2 Å². The molecule has 1 saturated heterocycles. The van der Waals surface area contributed by atoms with Gasteiger partial charge in [0, 0.05) is 18.8 Å². The Morgan fingerprint density at radius 3 is 2.75 bits per heavy atom. The van der Waals surface area contributed by atoms with Crippen LogP contribution in [0.2, 0.25) is 0 Å². The number of hydrogen-bond donors (Lipinski definition) is 1. The predicted molar refractivity (Wildman–Crippen MR) is 71.3 cm³/mol. The number of hydrogen-bond acceptors (Lipinski definition) is 3. The second-order valence-corrected chi connectivity index (χ2v) is 5.75. The Morgan fingerprint density at radius 1 is 1.44 bits per heavy atom. The molecule has 0 radical (unpaired) electrons. The van der Waals surface area contributed by atoms with E-state index in [-0.39, 0.29) is 18.3 Å². The molecule has 0 aromatic heterocycles. The summed E-state index contributed by atoms with van der Waals surface area (Å²) in [5.74, 6) is 3.43. The standard InChI is InChI=1S/C11H20N2OS.ClH/c1-13(10-4-5-15-8-10)11(14)7-12-6-9-2-3-9;/h9-10,12H,2-8H2,1H3;1H. The zero-order valence-electron chi connectivity index (χ0n) is 9.78. The molecule has 1 unspecified atom stereocenters. The van der Waals surface area contributed by atoms with Crippen molar-refractivity contribution in [3.8, 4) is 0 Å². The number of halogens is 1. The summed E-state index contributed by atoms with van der Waals surface area (Å²) in [7, 11) is 1.94. The maximum atomic E-state index is 11.8. The number of thioether (sulfide) groups is 1. The summed E-state index contributed by atoms with van der Waals surface area (Å²) in [6, 6.07) is 0.477. The molecule has 94 valence electrons. The highest BCUT2D eigenvalue weighted by Crippen LogP contribution is 2.27. The van der Waals surface area contributed by atoms with Gasteiger partial charge in [0.1, 0.15) is 0 Å². The Balaban J connectivity index is 0.00000128. The molecule has 5 heteroatoms. The predicted octanol–water partition coefficient (Wildman–Crippen LogP) is 1.37. The number of nitrogens with zero attached hydrogens (tertiary/aromatic N) is 1. The van der Waals surface area contributed by atoms with Gasteiger partial charge in [-0.3, -0.25) is 4.79 Å². The van der Waals surface area contributed by atoms with E-state index in [0.717, 1.165) is 24.6 Å². The largest absolute Gasteiger partial charge is 0.341 e. The van der Waals surface area contributed by atoms with Gasteiger partial charge in [0.25, 0.3) is 0 Å². The van der Waals surface area contributed by atoms with Crippen molar-refractivity contribution in [3.05, 3.63) is 0 Å². The number of rotatable bonds is 5. The number of carbonyl (C=O) groups excluding carboxylic acids is 1. The van der Waals surface area contributed by atoms with Crippen molar-refractivity contribution >= 4 is 30.1 Å². The highest BCUT2D eigenvalue weighted by Gasteiger charge is 2.24. The van der Waals surface area contributed by atoms with Gasteiger partial charge in [-0.25, -0.2) is 0 Å². The minimum Gasteiger partial charge on any atom is -0.341 e. The lowest BCUT2D eigenvalue weighted by atomic mass is 10.2. The minimum absolute atomic E-state index is 0. The molecule has 2 rings (SSSR count). The first-order valence-corrected chi connectivity index (χ1v) is 6.97. The van der Waals surface area contributed by atoms with E-state index < -0.39 is 0 Å².